The fraction of sp³-hybridized carbons (Fsp3) is 0.571. The molecule has 1 spiro atoms. The second-order valence-corrected chi connectivity index (χ2v) is 8.21. The summed E-state index contributed by atoms with van der Waals surface area (Å²) in [6.45, 7) is 3.04. The van der Waals surface area contributed by atoms with E-state index >= 15 is 0 Å². The van der Waals surface area contributed by atoms with Crippen LogP contribution < -0.4 is 0 Å². The molecule has 5 rings (SSSR count). The Labute approximate surface area is 153 Å². The number of carbonyl (C=O) groups excluding carboxylic acids is 1. The van der Waals surface area contributed by atoms with Gasteiger partial charge in [0.15, 0.2) is 0 Å². The molecular weight excluding hydrogens is 328 g/mol. The van der Waals surface area contributed by atoms with Gasteiger partial charge in [0, 0.05) is 42.2 Å². The van der Waals surface area contributed by atoms with Crippen molar-refractivity contribution in [2.75, 3.05) is 26.3 Å². The van der Waals surface area contributed by atoms with Crippen molar-refractivity contribution >= 4 is 16.8 Å². The third-order valence-electron chi connectivity index (χ3n) is 6.07. The predicted octanol–water partition coefficient (Wildman–Crippen LogP) is 3.36. The van der Waals surface area contributed by atoms with E-state index in [1.165, 1.54) is 12.8 Å². The minimum Gasteiger partial charge on any atom is -0.375 e. The van der Waals surface area contributed by atoms with Crippen molar-refractivity contribution in [1.82, 2.24) is 9.88 Å². The van der Waals surface area contributed by atoms with Crippen molar-refractivity contribution in [2.24, 2.45) is 5.92 Å². The highest BCUT2D eigenvalue weighted by Gasteiger charge is 2.45. The molecule has 2 saturated heterocycles. The number of likely N-dealkylation sites (tertiary alicyclic amines) is 1. The Morgan fingerprint density at radius 1 is 1.35 bits per heavy atom. The summed E-state index contributed by atoms with van der Waals surface area (Å²) in [6.07, 6.45) is 7.66. The molecule has 3 heterocycles. The van der Waals surface area contributed by atoms with Gasteiger partial charge in [0.1, 0.15) is 0 Å². The predicted molar refractivity (Wildman–Crippen MR) is 99.2 cm³/mol. The van der Waals surface area contributed by atoms with Crippen molar-refractivity contribution in [3.05, 3.63) is 36.0 Å². The first kappa shape index (κ1) is 16.3. The number of aromatic nitrogens is 1. The van der Waals surface area contributed by atoms with E-state index in [2.05, 4.69) is 4.98 Å². The molecule has 5 heteroatoms. The van der Waals surface area contributed by atoms with Crippen LogP contribution in [-0.4, -0.2) is 53.8 Å². The van der Waals surface area contributed by atoms with Gasteiger partial charge in [-0.05, 0) is 55.9 Å². The number of rotatable bonds is 4. The molecule has 3 aliphatic rings. The number of nitrogens with one attached hydrogen (secondary N) is 1. The van der Waals surface area contributed by atoms with Crippen molar-refractivity contribution < 1.29 is 14.3 Å². The van der Waals surface area contributed by atoms with E-state index in [9.17, 15) is 4.79 Å². The Bertz CT molecular complexity index is 812. The molecule has 1 N–H and O–H groups in total. The second-order valence-electron chi connectivity index (χ2n) is 8.21. The monoisotopic (exact) mass is 354 g/mol. The lowest BCUT2D eigenvalue weighted by atomic mass is 9.89. The van der Waals surface area contributed by atoms with Crippen molar-refractivity contribution in [2.45, 2.75) is 43.8 Å². The van der Waals surface area contributed by atoms with Crippen LogP contribution in [-0.2, 0) is 9.47 Å². The Morgan fingerprint density at radius 3 is 3.15 bits per heavy atom. The quantitative estimate of drug-likeness (QED) is 0.916. The maximum Gasteiger partial charge on any atom is 0.253 e. The second kappa shape index (κ2) is 6.39. The molecule has 0 radical (unpaired) electrons. The number of hydrogen-bond acceptors (Lipinski definition) is 3. The van der Waals surface area contributed by atoms with Crippen LogP contribution in [0.25, 0.3) is 10.9 Å². The molecular formula is C21H26N2O3. The number of carbonyl (C=O) groups is 1. The first-order valence-electron chi connectivity index (χ1n) is 9.83. The largest absolute Gasteiger partial charge is 0.375 e. The zero-order chi connectivity index (χ0) is 17.6. The molecule has 2 atom stereocenters. The zero-order valence-corrected chi connectivity index (χ0v) is 15.1. The number of hydrogen-bond donors (Lipinski definition) is 1. The number of H-pyrrole nitrogens is 1. The van der Waals surface area contributed by atoms with Crippen molar-refractivity contribution in [3.63, 3.8) is 0 Å². The molecule has 3 fully saturated rings. The molecule has 2 aliphatic heterocycles. The number of nitrogens with zero attached hydrogens (tertiary/aromatic N) is 1. The summed E-state index contributed by atoms with van der Waals surface area (Å²) in [7, 11) is 0. The highest BCUT2D eigenvalue weighted by Crippen LogP contribution is 2.37. The Kier molecular flexibility index (Phi) is 4.02. The number of benzene rings is 1. The van der Waals surface area contributed by atoms with Crippen LogP contribution in [0.15, 0.2) is 30.5 Å². The normalized spacial score (nSPS) is 28.9. The molecule has 0 unspecified atom stereocenters. The summed E-state index contributed by atoms with van der Waals surface area (Å²) in [6, 6.07) is 7.88. The van der Waals surface area contributed by atoms with Gasteiger partial charge in [0.25, 0.3) is 5.91 Å². The Balaban J connectivity index is 1.26. The standard InChI is InChI=1S/C21H26N2O3/c24-20(17-4-5-19-16(10-17)6-8-22-19)23-9-1-7-21(14-23)11-18(13-26-21)25-12-15-2-3-15/h4-6,8,10,15,18,22H,1-3,7,9,11-14H2/t18-,21-/m0/s1. The molecule has 1 saturated carbocycles. The van der Waals surface area contributed by atoms with Crippen LogP contribution in [0.2, 0.25) is 0 Å². The van der Waals surface area contributed by atoms with Gasteiger partial charge in [-0.3, -0.25) is 4.79 Å². The molecule has 1 aromatic heterocycles. The van der Waals surface area contributed by atoms with Crippen LogP contribution in [0.5, 0.6) is 0 Å². The van der Waals surface area contributed by atoms with Gasteiger partial charge in [0.05, 0.1) is 24.9 Å². The van der Waals surface area contributed by atoms with Crippen molar-refractivity contribution in [1.29, 1.82) is 0 Å². The number of amides is 1. The first-order valence-corrected chi connectivity index (χ1v) is 9.83. The molecule has 0 bridgehead atoms. The van der Waals surface area contributed by atoms with Gasteiger partial charge in [-0.25, -0.2) is 0 Å². The average Bonchev–Trinajstić information content (AvgIpc) is 3.24. The van der Waals surface area contributed by atoms with Gasteiger partial charge in [-0.2, -0.15) is 0 Å². The highest BCUT2D eigenvalue weighted by atomic mass is 16.6. The van der Waals surface area contributed by atoms with Crippen LogP contribution in [0.3, 0.4) is 0 Å². The van der Waals surface area contributed by atoms with E-state index in [1.807, 2.05) is 35.4 Å². The molecule has 1 aliphatic carbocycles. The molecule has 1 amide bonds. The lowest BCUT2D eigenvalue weighted by Crippen LogP contribution is -2.50. The lowest BCUT2D eigenvalue weighted by Gasteiger charge is -2.39. The van der Waals surface area contributed by atoms with Gasteiger partial charge in [0.2, 0.25) is 0 Å². The molecule has 26 heavy (non-hydrogen) atoms. The van der Waals surface area contributed by atoms with E-state index < -0.39 is 0 Å². The van der Waals surface area contributed by atoms with Crippen LogP contribution >= 0.6 is 0 Å². The first-order chi connectivity index (χ1) is 12.7. The smallest absolute Gasteiger partial charge is 0.253 e. The third kappa shape index (κ3) is 3.14. The summed E-state index contributed by atoms with van der Waals surface area (Å²) in [4.78, 5) is 18.2. The van der Waals surface area contributed by atoms with Gasteiger partial charge in [-0.1, -0.05) is 0 Å². The molecule has 1 aromatic carbocycles. The van der Waals surface area contributed by atoms with Crippen LogP contribution in [0, 0.1) is 5.92 Å². The Morgan fingerprint density at radius 2 is 2.27 bits per heavy atom. The summed E-state index contributed by atoms with van der Waals surface area (Å²) < 4.78 is 12.2. The molecule has 138 valence electrons. The molecule has 5 nitrogen and oxygen atoms in total. The van der Waals surface area contributed by atoms with Gasteiger partial charge >= 0.3 is 0 Å². The number of fused-ring (bicyclic) bond motifs is 1. The highest BCUT2D eigenvalue weighted by molar-refractivity contribution is 5.98. The SMILES string of the molecule is O=C(c1ccc2[nH]ccc2c1)N1CCC[C@]2(C[C@H](OCC3CC3)CO2)C1. The van der Waals surface area contributed by atoms with Gasteiger partial charge < -0.3 is 19.4 Å². The summed E-state index contributed by atoms with van der Waals surface area (Å²) in [5, 5.41) is 1.08. The minimum absolute atomic E-state index is 0.109. The third-order valence-corrected chi connectivity index (χ3v) is 6.07. The van der Waals surface area contributed by atoms with Crippen molar-refractivity contribution in [3.8, 4) is 0 Å². The van der Waals surface area contributed by atoms with Crippen LogP contribution in [0.1, 0.15) is 42.5 Å². The van der Waals surface area contributed by atoms with E-state index in [-0.39, 0.29) is 17.6 Å². The van der Waals surface area contributed by atoms with Crippen LogP contribution in [0.4, 0.5) is 0 Å². The number of piperidine rings is 1. The summed E-state index contributed by atoms with van der Waals surface area (Å²) in [5.41, 5.74) is 1.61. The minimum atomic E-state index is -0.208. The maximum atomic E-state index is 13.0. The fourth-order valence-corrected chi connectivity index (χ4v) is 4.39. The number of ether oxygens (including phenoxy) is 2. The topological polar surface area (TPSA) is 54.6 Å². The fourth-order valence-electron chi connectivity index (χ4n) is 4.39. The van der Waals surface area contributed by atoms with E-state index in [0.717, 1.165) is 54.8 Å². The van der Waals surface area contributed by atoms with E-state index in [0.29, 0.717) is 13.2 Å². The maximum absolute atomic E-state index is 13.0. The van der Waals surface area contributed by atoms with E-state index in [4.69, 9.17) is 9.47 Å². The summed E-state index contributed by atoms with van der Waals surface area (Å²) in [5.74, 6) is 0.887. The lowest BCUT2D eigenvalue weighted by molar-refractivity contribution is -0.0464. The molecule has 2 aromatic rings. The van der Waals surface area contributed by atoms with Gasteiger partial charge in [-0.15, -0.1) is 0 Å². The average molecular weight is 354 g/mol. The van der Waals surface area contributed by atoms with E-state index in [1.54, 1.807) is 0 Å². The summed E-state index contributed by atoms with van der Waals surface area (Å²) >= 11 is 0. The zero-order valence-electron chi connectivity index (χ0n) is 15.1. The number of aromatic amines is 1. The Hall–Kier alpha value is -1.85.